The van der Waals surface area contributed by atoms with Gasteiger partial charge in [0, 0.05) is 5.56 Å². The lowest BCUT2D eigenvalue weighted by atomic mass is 10.1. The van der Waals surface area contributed by atoms with E-state index in [0.717, 1.165) is 11.1 Å². The number of hydrogen-bond acceptors (Lipinski definition) is 5. The highest BCUT2D eigenvalue weighted by molar-refractivity contribution is 5.93. The molecule has 2 heterocycles. The zero-order chi connectivity index (χ0) is 18.7. The number of carboxylic acids is 1. The summed E-state index contributed by atoms with van der Waals surface area (Å²) in [6.45, 7) is 3.71. The van der Waals surface area contributed by atoms with Crippen molar-refractivity contribution in [1.82, 2.24) is 30.7 Å². The summed E-state index contributed by atoms with van der Waals surface area (Å²) < 4.78 is 0. The molecule has 0 radical (unpaired) electrons. The van der Waals surface area contributed by atoms with Crippen LogP contribution in [0.2, 0.25) is 0 Å². The van der Waals surface area contributed by atoms with Crippen molar-refractivity contribution in [3.63, 3.8) is 0 Å². The number of carboxylic acid groups (broad SMARTS) is 1. The smallest absolute Gasteiger partial charge is 0.311 e. The zero-order valence-corrected chi connectivity index (χ0v) is 14.3. The predicted molar refractivity (Wildman–Crippen MR) is 92.4 cm³/mol. The molecule has 26 heavy (non-hydrogen) atoms. The molecule has 1 amide bonds. The average molecular weight is 354 g/mol. The third kappa shape index (κ3) is 3.94. The van der Waals surface area contributed by atoms with Crippen LogP contribution in [0.5, 0.6) is 0 Å². The van der Waals surface area contributed by atoms with Crippen molar-refractivity contribution in [2.24, 2.45) is 0 Å². The van der Waals surface area contributed by atoms with Crippen molar-refractivity contribution in [3.8, 4) is 11.3 Å². The van der Waals surface area contributed by atoms with E-state index in [1.54, 1.807) is 13.0 Å². The Hall–Kier alpha value is -3.49. The highest BCUT2D eigenvalue weighted by Gasteiger charge is 2.18. The van der Waals surface area contributed by atoms with Crippen molar-refractivity contribution in [1.29, 1.82) is 0 Å². The van der Waals surface area contributed by atoms with Gasteiger partial charge in [0.2, 0.25) is 0 Å². The summed E-state index contributed by atoms with van der Waals surface area (Å²) in [6.07, 6.45) is -0.256. The Morgan fingerprint density at radius 3 is 2.62 bits per heavy atom. The van der Waals surface area contributed by atoms with Crippen LogP contribution in [0.25, 0.3) is 11.3 Å². The molecule has 9 heteroatoms. The molecule has 0 aliphatic heterocycles. The number of rotatable bonds is 6. The van der Waals surface area contributed by atoms with E-state index in [1.807, 2.05) is 31.2 Å². The average Bonchev–Trinajstić information content (AvgIpc) is 3.24. The van der Waals surface area contributed by atoms with Crippen LogP contribution in [0.15, 0.2) is 30.3 Å². The van der Waals surface area contributed by atoms with E-state index in [9.17, 15) is 9.59 Å². The van der Waals surface area contributed by atoms with Gasteiger partial charge in [-0.15, -0.1) is 0 Å². The molecule has 0 spiro atoms. The third-order valence-electron chi connectivity index (χ3n) is 3.77. The molecular formula is C17H18N6O3. The first-order valence-corrected chi connectivity index (χ1v) is 7.98. The monoisotopic (exact) mass is 354 g/mol. The minimum Gasteiger partial charge on any atom is -0.481 e. The molecule has 0 unspecified atom stereocenters. The Morgan fingerprint density at radius 1 is 1.19 bits per heavy atom. The summed E-state index contributed by atoms with van der Waals surface area (Å²) in [5.41, 5.74) is 3.04. The highest BCUT2D eigenvalue weighted by atomic mass is 16.4. The number of H-pyrrole nitrogens is 2. The number of nitrogens with one attached hydrogen (secondary N) is 3. The molecule has 1 aromatic carbocycles. The minimum absolute atomic E-state index is 0.233. The maximum Gasteiger partial charge on any atom is 0.311 e. The first kappa shape index (κ1) is 17.3. The van der Waals surface area contributed by atoms with Crippen LogP contribution < -0.4 is 5.32 Å². The lowest BCUT2D eigenvalue weighted by Crippen LogP contribution is -2.27. The number of nitrogens with zero attached hydrogens (tertiary/aromatic N) is 3. The highest BCUT2D eigenvalue weighted by Crippen LogP contribution is 2.18. The van der Waals surface area contributed by atoms with E-state index in [4.69, 9.17) is 5.11 Å². The largest absolute Gasteiger partial charge is 0.481 e. The van der Waals surface area contributed by atoms with Gasteiger partial charge in [0.15, 0.2) is 5.82 Å². The lowest BCUT2D eigenvalue weighted by Gasteiger charge is -2.08. The number of aromatic nitrogens is 5. The molecular weight excluding hydrogens is 336 g/mol. The van der Waals surface area contributed by atoms with Crippen molar-refractivity contribution in [2.75, 3.05) is 0 Å². The molecule has 0 aliphatic rings. The Labute approximate surface area is 148 Å². The first-order chi connectivity index (χ1) is 12.4. The number of aliphatic carboxylic acids is 1. The van der Waals surface area contributed by atoms with Crippen molar-refractivity contribution < 1.29 is 14.7 Å². The van der Waals surface area contributed by atoms with Crippen LogP contribution in [0.4, 0.5) is 0 Å². The number of carbonyl (C=O) groups is 2. The quantitative estimate of drug-likeness (QED) is 0.531. The standard InChI is InChI=1S/C17H18N6O3/c1-9-3-5-11(6-4-9)12-7-13(21-20-12)17(26)18-10(2)16-19-14(22-23-16)8-15(24)25/h3-7,10H,8H2,1-2H3,(H,18,26)(H,20,21)(H,24,25)(H,19,22,23)/t10-/m1/s1. The number of carbonyl (C=O) groups excluding carboxylic acids is 1. The summed E-state index contributed by atoms with van der Waals surface area (Å²) in [5.74, 6) is -0.817. The summed E-state index contributed by atoms with van der Waals surface area (Å²) in [6, 6.07) is 9.00. The van der Waals surface area contributed by atoms with Gasteiger partial charge in [-0.3, -0.25) is 19.8 Å². The van der Waals surface area contributed by atoms with Gasteiger partial charge in [-0.25, -0.2) is 4.98 Å². The van der Waals surface area contributed by atoms with Crippen molar-refractivity contribution in [2.45, 2.75) is 26.3 Å². The molecule has 0 fully saturated rings. The van der Waals surface area contributed by atoms with E-state index in [2.05, 4.69) is 30.7 Å². The summed E-state index contributed by atoms with van der Waals surface area (Å²) in [5, 5.41) is 24.9. The molecule has 9 nitrogen and oxygen atoms in total. The second-order valence-electron chi connectivity index (χ2n) is 5.94. The molecule has 0 saturated heterocycles. The molecule has 0 bridgehead atoms. The molecule has 3 rings (SSSR count). The Morgan fingerprint density at radius 2 is 1.92 bits per heavy atom. The summed E-state index contributed by atoms with van der Waals surface area (Å²) >= 11 is 0. The van der Waals surface area contributed by atoms with Crippen LogP contribution in [-0.4, -0.2) is 42.4 Å². The SMILES string of the molecule is Cc1ccc(-c2cc(C(=O)N[C@H](C)c3n[nH]c(CC(=O)O)n3)[nH]n2)cc1. The maximum atomic E-state index is 12.4. The lowest BCUT2D eigenvalue weighted by molar-refractivity contribution is -0.136. The number of hydrogen-bond donors (Lipinski definition) is 4. The number of amides is 1. The van der Waals surface area contributed by atoms with Gasteiger partial charge in [0.1, 0.15) is 17.9 Å². The van der Waals surface area contributed by atoms with E-state index < -0.39 is 12.0 Å². The molecule has 0 aliphatic carbocycles. The fraction of sp³-hybridized carbons (Fsp3) is 0.235. The van der Waals surface area contributed by atoms with Gasteiger partial charge in [-0.05, 0) is 19.9 Å². The zero-order valence-electron chi connectivity index (χ0n) is 14.3. The molecule has 1 atom stereocenters. The number of benzene rings is 1. The Bertz CT molecular complexity index is 928. The van der Waals surface area contributed by atoms with Gasteiger partial charge in [-0.1, -0.05) is 29.8 Å². The number of aryl methyl sites for hydroxylation is 1. The fourth-order valence-electron chi connectivity index (χ4n) is 2.38. The van der Waals surface area contributed by atoms with Crippen LogP contribution in [0.3, 0.4) is 0 Å². The maximum absolute atomic E-state index is 12.4. The molecule has 3 aromatic rings. The topological polar surface area (TPSA) is 137 Å². The summed E-state index contributed by atoms with van der Waals surface area (Å²) in [7, 11) is 0. The minimum atomic E-state index is -1.01. The van der Waals surface area contributed by atoms with E-state index in [0.29, 0.717) is 17.2 Å². The van der Waals surface area contributed by atoms with Crippen LogP contribution in [-0.2, 0) is 11.2 Å². The molecule has 2 aromatic heterocycles. The second kappa shape index (κ2) is 7.18. The van der Waals surface area contributed by atoms with Crippen LogP contribution in [0.1, 0.15) is 40.7 Å². The molecule has 0 saturated carbocycles. The van der Waals surface area contributed by atoms with Gasteiger partial charge in [0.25, 0.3) is 5.91 Å². The fourth-order valence-corrected chi connectivity index (χ4v) is 2.38. The molecule has 134 valence electrons. The Kier molecular flexibility index (Phi) is 4.78. The Balaban J connectivity index is 1.67. The van der Waals surface area contributed by atoms with Crippen molar-refractivity contribution in [3.05, 3.63) is 53.2 Å². The van der Waals surface area contributed by atoms with Gasteiger partial charge in [0.05, 0.1) is 11.7 Å². The predicted octanol–water partition coefficient (Wildman–Crippen LogP) is 1.62. The van der Waals surface area contributed by atoms with Crippen LogP contribution >= 0.6 is 0 Å². The first-order valence-electron chi connectivity index (χ1n) is 7.98. The molecule has 4 N–H and O–H groups in total. The van der Waals surface area contributed by atoms with E-state index >= 15 is 0 Å². The van der Waals surface area contributed by atoms with Gasteiger partial charge in [-0.2, -0.15) is 10.2 Å². The normalized spacial score (nSPS) is 11.9. The van der Waals surface area contributed by atoms with E-state index in [-0.39, 0.29) is 18.2 Å². The third-order valence-corrected chi connectivity index (χ3v) is 3.77. The summed E-state index contributed by atoms with van der Waals surface area (Å²) in [4.78, 5) is 27.1. The van der Waals surface area contributed by atoms with E-state index in [1.165, 1.54) is 0 Å². The number of aromatic amines is 2. The van der Waals surface area contributed by atoms with Crippen molar-refractivity contribution >= 4 is 11.9 Å². The van der Waals surface area contributed by atoms with Gasteiger partial charge < -0.3 is 10.4 Å². The second-order valence-corrected chi connectivity index (χ2v) is 5.94. The van der Waals surface area contributed by atoms with Crippen LogP contribution in [0, 0.1) is 6.92 Å². The van der Waals surface area contributed by atoms with Gasteiger partial charge >= 0.3 is 5.97 Å².